The SMILES string of the molecule is Cl.c1ccc(C(NC2=NCCCC2)c2ccccc2)cc1. The van der Waals surface area contributed by atoms with Crippen LogP contribution >= 0.6 is 12.4 Å². The number of halogens is 1. The van der Waals surface area contributed by atoms with Crippen LogP contribution in [0.5, 0.6) is 0 Å². The highest BCUT2D eigenvalue weighted by molar-refractivity contribution is 5.85. The van der Waals surface area contributed by atoms with Crippen molar-refractivity contribution in [2.45, 2.75) is 25.3 Å². The second-order valence-corrected chi connectivity index (χ2v) is 5.18. The van der Waals surface area contributed by atoms with Crippen LogP contribution in [0.2, 0.25) is 0 Å². The first-order chi connectivity index (χ1) is 9.93. The molecule has 2 nitrogen and oxygen atoms in total. The molecule has 21 heavy (non-hydrogen) atoms. The van der Waals surface area contributed by atoms with Crippen LogP contribution in [0.4, 0.5) is 0 Å². The van der Waals surface area contributed by atoms with Crippen molar-refractivity contribution in [3.8, 4) is 0 Å². The van der Waals surface area contributed by atoms with Crippen LogP contribution in [0.1, 0.15) is 36.4 Å². The predicted octanol–water partition coefficient (Wildman–Crippen LogP) is 4.37. The van der Waals surface area contributed by atoms with Gasteiger partial charge in [-0.15, -0.1) is 12.4 Å². The van der Waals surface area contributed by atoms with Gasteiger partial charge in [-0.1, -0.05) is 60.7 Å². The molecule has 0 saturated heterocycles. The molecule has 0 saturated carbocycles. The molecule has 0 aromatic heterocycles. The lowest BCUT2D eigenvalue weighted by Gasteiger charge is -2.23. The van der Waals surface area contributed by atoms with E-state index in [4.69, 9.17) is 0 Å². The fourth-order valence-electron chi connectivity index (χ4n) is 2.63. The lowest BCUT2D eigenvalue weighted by Crippen LogP contribution is -2.30. The van der Waals surface area contributed by atoms with Crippen molar-refractivity contribution in [1.29, 1.82) is 0 Å². The van der Waals surface area contributed by atoms with Gasteiger partial charge in [-0.2, -0.15) is 0 Å². The van der Waals surface area contributed by atoms with Gasteiger partial charge in [0.1, 0.15) is 0 Å². The Bertz CT molecular complexity index is 527. The minimum Gasteiger partial charge on any atom is -0.363 e. The van der Waals surface area contributed by atoms with E-state index < -0.39 is 0 Å². The molecule has 3 heteroatoms. The maximum atomic E-state index is 4.63. The first kappa shape index (κ1) is 15.6. The van der Waals surface area contributed by atoms with E-state index >= 15 is 0 Å². The van der Waals surface area contributed by atoms with Crippen LogP contribution in [0.3, 0.4) is 0 Å². The van der Waals surface area contributed by atoms with Gasteiger partial charge < -0.3 is 5.32 Å². The van der Waals surface area contributed by atoms with Gasteiger partial charge in [0.15, 0.2) is 0 Å². The molecule has 0 unspecified atom stereocenters. The molecule has 1 heterocycles. The number of nitrogens with one attached hydrogen (secondary N) is 1. The van der Waals surface area contributed by atoms with Gasteiger partial charge in [0.25, 0.3) is 0 Å². The van der Waals surface area contributed by atoms with Crippen molar-refractivity contribution < 1.29 is 0 Å². The van der Waals surface area contributed by atoms with Crippen LogP contribution < -0.4 is 5.32 Å². The number of hydrogen-bond acceptors (Lipinski definition) is 2. The van der Waals surface area contributed by atoms with Crippen LogP contribution in [0.25, 0.3) is 0 Å². The first-order valence-corrected chi connectivity index (χ1v) is 7.33. The number of rotatable bonds is 3. The Labute approximate surface area is 132 Å². The Kier molecular flexibility index (Phi) is 5.82. The molecule has 0 radical (unpaired) electrons. The number of benzene rings is 2. The molecule has 0 bridgehead atoms. The smallest absolute Gasteiger partial charge is 0.0970 e. The van der Waals surface area contributed by atoms with Crippen molar-refractivity contribution in [1.82, 2.24) is 5.32 Å². The lowest BCUT2D eigenvalue weighted by molar-refractivity contribution is 0.676. The van der Waals surface area contributed by atoms with Gasteiger partial charge in [0, 0.05) is 13.0 Å². The maximum absolute atomic E-state index is 4.63. The lowest BCUT2D eigenvalue weighted by atomic mass is 9.98. The summed E-state index contributed by atoms with van der Waals surface area (Å²) < 4.78 is 0. The zero-order chi connectivity index (χ0) is 13.6. The van der Waals surface area contributed by atoms with Gasteiger partial charge in [-0.25, -0.2) is 0 Å². The number of amidine groups is 1. The highest BCUT2D eigenvalue weighted by atomic mass is 35.5. The summed E-state index contributed by atoms with van der Waals surface area (Å²) in [4.78, 5) is 4.63. The minimum absolute atomic E-state index is 0. The molecular weight excluding hydrogens is 280 g/mol. The molecule has 2 aromatic carbocycles. The molecule has 2 aromatic rings. The summed E-state index contributed by atoms with van der Waals surface area (Å²) in [5.74, 6) is 1.15. The van der Waals surface area contributed by atoms with Crippen molar-refractivity contribution in [3.05, 3.63) is 71.8 Å². The van der Waals surface area contributed by atoms with Gasteiger partial charge in [-0.05, 0) is 24.0 Å². The fraction of sp³-hybridized carbons (Fsp3) is 0.278. The number of hydrogen-bond donors (Lipinski definition) is 1. The summed E-state index contributed by atoms with van der Waals surface area (Å²) in [6.45, 7) is 0.957. The van der Waals surface area contributed by atoms with Crippen molar-refractivity contribution >= 4 is 18.2 Å². The van der Waals surface area contributed by atoms with Crippen LogP contribution in [0.15, 0.2) is 65.7 Å². The normalized spacial score (nSPS) is 14.2. The van der Waals surface area contributed by atoms with E-state index in [1.807, 2.05) is 0 Å². The number of aliphatic imine (C=N–C) groups is 1. The average molecular weight is 301 g/mol. The average Bonchev–Trinajstić information content (AvgIpc) is 2.55. The molecule has 0 atom stereocenters. The van der Waals surface area contributed by atoms with Crippen molar-refractivity contribution in [2.75, 3.05) is 6.54 Å². The minimum atomic E-state index is 0. The zero-order valence-corrected chi connectivity index (χ0v) is 12.9. The summed E-state index contributed by atoms with van der Waals surface area (Å²) in [7, 11) is 0. The van der Waals surface area contributed by atoms with E-state index in [-0.39, 0.29) is 18.4 Å². The maximum Gasteiger partial charge on any atom is 0.0970 e. The van der Waals surface area contributed by atoms with E-state index in [0.717, 1.165) is 18.8 Å². The molecule has 1 N–H and O–H groups in total. The van der Waals surface area contributed by atoms with E-state index in [1.54, 1.807) is 0 Å². The first-order valence-electron chi connectivity index (χ1n) is 7.33. The predicted molar refractivity (Wildman–Crippen MR) is 91.3 cm³/mol. The van der Waals surface area contributed by atoms with E-state index in [0.29, 0.717) is 0 Å². The van der Waals surface area contributed by atoms with Crippen molar-refractivity contribution in [3.63, 3.8) is 0 Å². The molecule has 0 fully saturated rings. The quantitative estimate of drug-likeness (QED) is 0.894. The molecular formula is C18H21ClN2. The highest BCUT2D eigenvalue weighted by Gasteiger charge is 2.16. The zero-order valence-electron chi connectivity index (χ0n) is 12.0. The van der Waals surface area contributed by atoms with E-state index in [2.05, 4.69) is 71.0 Å². The fourth-order valence-corrected chi connectivity index (χ4v) is 2.63. The summed E-state index contributed by atoms with van der Waals surface area (Å²) in [6, 6.07) is 21.4. The Morgan fingerprint density at radius 2 is 1.38 bits per heavy atom. The topological polar surface area (TPSA) is 24.4 Å². The summed E-state index contributed by atoms with van der Waals surface area (Å²) in [5.41, 5.74) is 2.57. The van der Waals surface area contributed by atoms with Gasteiger partial charge in [0.05, 0.1) is 11.9 Å². The van der Waals surface area contributed by atoms with Crippen LogP contribution in [0, 0.1) is 0 Å². The Morgan fingerprint density at radius 1 is 0.810 bits per heavy atom. The summed E-state index contributed by atoms with van der Waals surface area (Å²) >= 11 is 0. The third kappa shape index (κ3) is 4.08. The van der Waals surface area contributed by atoms with E-state index in [1.165, 1.54) is 24.0 Å². The molecule has 1 aliphatic rings. The summed E-state index contributed by atoms with van der Waals surface area (Å²) in [6.07, 6.45) is 3.52. The molecule has 3 rings (SSSR count). The Hall–Kier alpha value is -1.80. The third-order valence-corrected chi connectivity index (χ3v) is 3.70. The molecule has 0 amide bonds. The second kappa shape index (κ2) is 7.84. The molecule has 1 aliphatic heterocycles. The number of nitrogens with zero attached hydrogens (tertiary/aromatic N) is 1. The van der Waals surface area contributed by atoms with Crippen LogP contribution in [-0.4, -0.2) is 12.4 Å². The van der Waals surface area contributed by atoms with Gasteiger partial charge in [0.2, 0.25) is 0 Å². The van der Waals surface area contributed by atoms with Gasteiger partial charge in [-0.3, -0.25) is 4.99 Å². The summed E-state index contributed by atoms with van der Waals surface area (Å²) in [5, 5.41) is 3.64. The monoisotopic (exact) mass is 300 g/mol. The molecule has 0 aliphatic carbocycles. The second-order valence-electron chi connectivity index (χ2n) is 5.18. The third-order valence-electron chi connectivity index (χ3n) is 3.70. The molecule has 0 spiro atoms. The van der Waals surface area contributed by atoms with Gasteiger partial charge >= 0.3 is 0 Å². The molecule has 110 valence electrons. The highest BCUT2D eigenvalue weighted by Crippen LogP contribution is 2.22. The van der Waals surface area contributed by atoms with Crippen molar-refractivity contribution in [2.24, 2.45) is 4.99 Å². The van der Waals surface area contributed by atoms with Crippen LogP contribution in [-0.2, 0) is 0 Å². The Morgan fingerprint density at radius 3 is 1.86 bits per heavy atom. The standard InChI is InChI=1S/C18H20N2.ClH/c1-3-9-15(10-4-1)18(16-11-5-2-6-12-16)20-17-13-7-8-14-19-17;/h1-6,9-12,18H,7-8,13-14H2,(H,19,20);1H. The Balaban J connectivity index is 0.00000161. The van der Waals surface area contributed by atoms with E-state index in [9.17, 15) is 0 Å². The largest absolute Gasteiger partial charge is 0.363 e.